The number of benzene rings is 1. The summed E-state index contributed by atoms with van der Waals surface area (Å²) in [6, 6.07) is 5.19. The predicted octanol–water partition coefficient (Wildman–Crippen LogP) is 5.31. The molecule has 0 saturated carbocycles. The van der Waals surface area contributed by atoms with Gasteiger partial charge in [0.2, 0.25) is 5.88 Å². The smallest absolute Gasteiger partial charge is 0.268 e. The second-order valence-electron chi connectivity index (χ2n) is 11.9. The van der Waals surface area contributed by atoms with Crippen LogP contribution < -0.4 is 10.1 Å². The van der Waals surface area contributed by atoms with Gasteiger partial charge in [0.1, 0.15) is 17.4 Å². The second-order valence-corrected chi connectivity index (χ2v) is 17.5. The van der Waals surface area contributed by atoms with E-state index in [2.05, 4.69) is 69.1 Å². The van der Waals surface area contributed by atoms with Gasteiger partial charge in [-0.2, -0.15) is 5.10 Å². The number of carbonyl (C=O) groups is 1. The zero-order valence-electron chi connectivity index (χ0n) is 24.4. The van der Waals surface area contributed by atoms with E-state index in [1.165, 1.54) is 17.2 Å². The molecular weight excluding hydrogens is 595 g/mol. The number of hydrogen-bond acceptors (Lipinski definition) is 9. The number of amides is 1. The van der Waals surface area contributed by atoms with Crippen LogP contribution in [0, 0.1) is 6.92 Å². The first-order valence-electron chi connectivity index (χ1n) is 13.6. The van der Waals surface area contributed by atoms with E-state index in [1.54, 1.807) is 30.6 Å². The lowest BCUT2D eigenvalue weighted by molar-refractivity contribution is -0.125. The largest absolute Gasteiger partial charge is 0.462 e. The van der Waals surface area contributed by atoms with Gasteiger partial charge in [-0.1, -0.05) is 50.0 Å². The molecule has 42 heavy (non-hydrogen) atoms. The third-order valence-electron chi connectivity index (χ3n) is 7.67. The summed E-state index contributed by atoms with van der Waals surface area (Å²) < 4.78 is 14.4. The fourth-order valence-electron chi connectivity index (χ4n) is 4.32. The number of aromatic nitrogens is 6. The molecule has 1 amide bonds. The summed E-state index contributed by atoms with van der Waals surface area (Å²) in [6.45, 7) is 14.7. The van der Waals surface area contributed by atoms with Crippen LogP contribution in [0.2, 0.25) is 28.2 Å². The average molecular weight is 630 g/mol. The van der Waals surface area contributed by atoms with E-state index in [1.807, 2.05) is 6.92 Å². The number of fused-ring (bicyclic) bond motifs is 1. The number of aryl methyl sites for hydroxylation is 1. The number of likely N-dealkylation sites (tertiary alicyclic amines) is 1. The highest BCUT2D eigenvalue weighted by Gasteiger charge is 2.42. The van der Waals surface area contributed by atoms with Gasteiger partial charge in [0, 0.05) is 19.6 Å². The summed E-state index contributed by atoms with van der Waals surface area (Å²) in [7, 11) is -1.91. The minimum atomic E-state index is -1.91. The molecule has 4 aromatic rings. The maximum Gasteiger partial charge on any atom is 0.268 e. The van der Waals surface area contributed by atoms with Gasteiger partial charge in [0.05, 0.1) is 40.4 Å². The summed E-state index contributed by atoms with van der Waals surface area (Å²) in [5, 5.41) is 8.72. The molecule has 3 aromatic heterocycles. The Labute approximate surface area is 255 Å². The van der Waals surface area contributed by atoms with Crippen LogP contribution in [-0.4, -0.2) is 80.7 Å². The van der Waals surface area contributed by atoms with Crippen LogP contribution in [0.25, 0.3) is 16.7 Å². The van der Waals surface area contributed by atoms with E-state index < -0.39 is 14.4 Å². The van der Waals surface area contributed by atoms with Gasteiger partial charge in [0.25, 0.3) is 5.91 Å². The molecule has 1 saturated heterocycles. The van der Waals surface area contributed by atoms with Crippen LogP contribution in [0.3, 0.4) is 0 Å². The van der Waals surface area contributed by atoms with Gasteiger partial charge < -0.3 is 14.5 Å². The molecule has 14 heteroatoms. The lowest BCUT2D eigenvalue weighted by Crippen LogP contribution is -2.60. The van der Waals surface area contributed by atoms with Crippen molar-refractivity contribution in [3.05, 3.63) is 58.9 Å². The lowest BCUT2D eigenvalue weighted by atomic mass is 10.1. The summed E-state index contributed by atoms with van der Waals surface area (Å²) in [5.74, 6) is 0.158. The predicted molar refractivity (Wildman–Crippen MR) is 165 cm³/mol. The molecule has 1 fully saturated rings. The Morgan fingerprint density at radius 3 is 2.45 bits per heavy atom. The van der Waals surface area contributed by atoms with E-state index in [9.17, 15) is 4.79 Å². The Balaban J connectivity index is 1.38. The van der Waals surface area contributed by atoms with Crippen molar-refractivity contribution in [3.8, 4) is 11.6 Å². The van der Waals surface area contributed by atoms with Crippen molar-refractivity contribution in [1.82, 2.24) is 34.6 Å². The molecule has 1 atom stereocenters. The number of hydrogen-bond donors (Lipinski definition) is 1. The molecule has 1 aliphatic rings. The zero-order chi connectivity index (χ0) is 30.2. The van der Waals surface area contributed by atoms with Gasteiger partial charge in [-0.25, -0.2) is 19.6 Å². The van der Waals surface area contributed by atoms with E-state index in [4.69, 9.17) is 32.4 Å². The van der Waals surface area contributed by atoms with Gasteiger partial charge in [-0.05, 0) is 37.2 Å². The average Bonchev–Trinajstić information content (AvgIpc) is 3.32. The maximum atomic E-state index is 13.5. The van der Waals surface area contributed by atoms with Gasteiger partial charge in [-0.15, -0.1) is 0 Å². The van der Waals surface area contributed by atoms with E-state index >= 15 is 0 Å². The van der Waals surface area contributed by atoms with Crippen molar-refractivity contribution < 1.29 is 14.0 Å². The Morgan fingerprint density at radius 1 is 1.10 bits per heavy atom. The van der Waals surface area contributed by atoms with E-state index in [0.717, 1.165) is 5.69 Å². The molecule has 4 heterocycles. The topological polar surface area (TPSA) is 120 Å². The fraction of sp³-hybridized carbons (Fsp3) is 0.429. The van der Waals surface area contributed by atoms with Crippen molar-refractivity contribution in [2.24, 2.45) is 0 Å². The number of para-hydroxylation sites is 1. The van der Waals surface area contributed by atoms with Crippen molar-refractivity contribution in [2.45, 2.75) is 58.0 Å². The maximum absolute atomic E-state index is 13.5. The van der Waals surface area contributed by atoms with Crippen LogP contribution in [-0.2, 0) is 9.22 Å². The SMILES string of the molecule is Cc1cnc(NC(=O)C(CN2CC(O[Si](C)(C)C(C)(C)C)C2)Oc2ncnc3c2cnn3-c2c(Cl)cccc2Cl)cn1. The third kappa shape index (κ3) is 6.42. The highest BCUT2D eigenvalue weighted by molar-refractivity contribution is 6.74. The molecule has 0 bridgehead atoms. The standard InChI is InChI=1S/C28H34Cl2N8O3Si/c1-17-10-32-23(12-31-17)36-26(39)22(15-37-13-18(14-37)41-42(5,6)28(2,3)4)40-27-19-11-35-38(25(19)33-16-34-27)24-20(29)8-7-9-21(24)30/h7-12,16,18,22H,13-15H2,1-6H3,(H,32,36,39). The lowest BCUT2D eigenvalue weighted by Gasteiger charge is -2.46. The molecule has 1 aromatic carbocycles. The summed E-state index contributed by atoms with van der Waals surface area (Å²) in [4.78, 5) is 32.9. The number of ether oxygens (including phenoxy) is 1. The van der Waals surface area contributed by atoms with Crippen LogP contribution in [0.1, 0.15) is 26.5 Å². The molecule has 0 aliphatic carbocycles. The molecule has 11 nitrogen and oxygen atoms in total. The number of nitrogens with zero attached hydrogens (tertiary/aromatic N) is 7. The number of rotatable bonds is 9. The van der Waals surface area contributed by atoms with Gasteiger partial charge in [-0.3, -0.25) is 14.7 Å². The van der Waals surface area contributed by atoms with E-state index in [-0.39, 0.29) is 22.9 Å². The van der Waals surface area contributed by atoms with Gasteiger partial charge >= 0.3 is 0 Å². The molecule has 0 radical (unpaired) electrons. The Morgan fingerprint density at radius 2 is 1.81 bits per heavy atom. The molecular formula is C28H34Cl2N8O3Si. The first-order chi connectivity index (χ1) is 19.8. The van der Waals surface area contributed by atoms with Crippen LogP contribution >= 0.6 is 23.2 Å². The number of carbonyl (C=O) groups excluding carboxylic acids is 1. The highest BCUT2D eigenvalue weighted by atomic mass is 35.5. The quantitative estimate of drug-likeness (QED) is 0.246. The normalized spacial score (nSPS) is 15.4. The Kier molecular flexibility index (Phi) is 8.55. The van der Waals surface area contributed by atoms with E-state index in [0.29, 0.717) is 52.2 Å². The number of nitrogens with one attached hydrogen (secondary N) is 1. The molecule has 1 aliphatic heterocycles. The summed E-state index contributed by atoms with van der Waals surface area (Å²) in [6.07, 6.45) is 5.21. The Hall–Kier alpha value is -3.16. The third-order valence-corrected chi connectivity index (χ3v) is 12.8. The first kappa shape index (κ1) is 30.3. The summed E-state index contributed by atoms with van der Waals surface area (Å²) in [5.41, 5.74) is 1.67. The van der Waals surface area contributed by atoms with Crippen molar-refractivity contribution in [1.29, 1.82) is 0 Å². The van der Waals surface area contributed by atoms with Crippen molar-refractivity contribution >= 4 is 54.3 Å². The molecule has 1 unspecified atom stereocenters. The minimum absolute atomic E-state index is 0.113. The van der Waals surface area contributed by atoms with Crippen LogP contribution in [0.15, 0.2) is 43.1 Å². The fourth-order valence-corrected chi connectivity index (χ4v) is 6.21. The van der Waals surface area contributed by atoms with Crippen LogP contribution in [0.4, 0.5) is 5.82 Å². The number of halogens is 2. The minimum Gasteiger partial charge on any atom is -0.462 e. The molecule has 0 spiro atoms. The number of anilines is 1. The summed E-state index contributed by atoms with van der Waals surface area (Å²) >= 11 is 12.9. The zero-order valence-corrected chi connectivity index (χ0v) is 26.9. The Bertz CT molecular complexity index is 1570. The molecule has 5 rings (SSSR count). The van der Waals surface area contributed by atoms with Crippen molar-refractivity contribution in [2.75, 3.05) is 25.0 Å². The second kappa shape index (κ2) is 11.8. The molecule has 222 valence electrons. The van der Waals surface area contributed by atoms with Crippen LogP contribution in [0.5, 0.6) is 5.88 Å². The van der Waals surface area contributed by atoms with Gasteiger partial charge in [0.15, 0.2) is 25.9 Å². The van der Waals surface area contributed by atoms with Crippen molar-refractivity contribution in [3.63, 3.8) is 0 Å². The molecule has 1 N–H and O–H groups in total. The first-order valence-corrected chi connectivity index (χ1v) is 17.3. The monoisotopic (exact) mass is 628 g/mol. The highest BCUT2D eigenvalue weighted by Crippen LogP contribution is 2.38.